The van der Waals surface area contributed by atoms with Gasteiger partial charge in [0.25, 0.3) is 5.17 Å². The number of hydrogen-bond acceptors (Lipinski definition) is 2. The maximum Gasteiger partial charge on any atom is 0.254 e. The Bertz CT molecular complexity index is 195. The van der Waals surface area contributed by atoms with Crippen molar-refractivity contribution in [2.24, 2.45) is 11.7 Å². The molecule has 0 aliphatic rings. The minimum atomic E-state index is 0.204. The van der Waals surface area contributed by atoms with Gasteiger partial charge in [-0.2, -0.15) is 0 Å². The predicted molar refractivity (Wildman–Crippen MR) is 79.1 cm³/mol. The van der Waals surface area contributed by atoms with Crippen LogP contribution in [0.4, 0.5) is 0 Å². The Hall–Kier alpha value is -0.310. The number of nitrogens with two attached hydrogens (primary N) is 1. The Balaban J connectivity index is 3.72. The maximum absolute atomic E-state index is 5.51. The first kappa shape index (κ1) is 16.7. The molecule has 2 nitrogen and oxygen atoms in total. The third-order valence-corrected chi connectivity index (χ3v) is 3.07. The summed E-state index contributed by atoms with van der Waals surface area (Å²) in [5, 5.41) is 0.204. The first-order valence-electron chi connectivity index (χ1n) is 7.02. The molecule has 1 atom stereocenters. The molecule has 2 N–H and O–H groups in total. The first-order chi connectivity index (χ1) is 8.06. The molecule has 0 aliphatic carbocycles. The minimum absolute atomic E-state index is 0.204. The van der Waals surface area contributed by atoms with E-state index in [0.717, 1.165) is 18.8 Å². The van der Waals surface area contributed by atoms with Crippen molar-refractivity contribution in [2.75, 3.05) is 0 Å². The highest BCUT2D eigenvalue weighted by Gasteiger charge is 2.10. The molecule has 0 heterocycles. The summed E-state index contributed by atoms with van der Waals surface area (Å²) in [6, 6.07) is 0. The summed E-state index contributed by atoms with van der Waals surface area (Å²) in [5.41, 5.74) is 5.46. The van der Waals surface area contributed by atoms with Gasteiger partial charge in [-0.25, -0.2) is 0 Å². The molecule has 0 saturated carbocycles. The van der Waals surface area contributed by atoms with Crippen LogP contribution in [0.2, 0.25) is 0 Å². The number of ether oxygens (including phenoxy) is 1. The highest BCUT2D eigenvalue weighted by atomic mass is 32.1. The Labute approximate surface area is 112 Å². The fraction of sp³-hybridized carbons (Fsp3) is 0.929. The third kappa shape index (κ3) is 11.9. The summed E-state index contributed by atoms with van der Waals surface area (Å²) in [4.78, 5) is 0. The number of thiocarbonyl (C=S) groups is 1. The molecule has 0 aromatic heterocycles. The predicted octanol–water partition coefficient (Wildman–Crippen LogP) is 4.41. The van der Waals surface area contributed by atoms with Gasteiger partial charge in [0.05, 0.1) is 0 Å². The molecule has 0 spiro atoms. The van der Waals surface area contributed by atoms with Gasteiger partial charge in [-0.1, -0.05) is 46.5 Å². The van der Waals surface area contributed by atoms with Crippen molar-refractivity contribution in [2.45, 2.75) is 78.2 Å². The lowest BCUT2D eigenvalue weighted by molar-refractivity contribution is 0.162. The van der Waals surface area contributed by atoms with E-state index in [4.69, 9.17) is 22.7 Å². The Morgan fingerprint density at radius 2 is 1.59 bits per heavy atom. The van der Waals surface area contributed by atoms with Gasteiger partial charge < -0.3 is 10.5 Å². The molecule has 0 amide bonds. The average molecular weight is 259 g/mol. The van der Waals surface area contributed by atoms with Gasteiger partial charge in [-0.15, -0.1) is 0 Å². The van der Waals surface area contributed by atoms with E-state index < -0.39 is 0 Å². The number of hydrogen-bond donors (Lipinski definition) is 1. The van der Waals surface area contributed by atoms with Crippen LogP contribution in [0.1, 0.15) is 72.1 Å². The normalized spacial score (nSPS) is 12.7. The zero-order valence-corrected chi connectivity index (χ0v) is 12.5. The van der Waals surface area contributed by atoms with E-state index in [0.29, 0.717) is 0 Å². The van der Waals surface area contributed by atoms with Crippen molar-refractivity contribution in [3.05, 3.63) is 0 Å². The molecule has 1 unspecified atom stereocenters. The smallest absolute Gasteiger partial charge is 0.254 e. The van der Waals surface area contributed by atoms with Gasteiger partial charge in [-0.3, -0.25) is 0 Å². The van der Waals surface area contributed by atoms with Crippen LogP contribution in [-0.4, -0.2) is 11.3 Å². The van der Waals surface area contributed by atoms with Gasteiger partial charge in [0.2, 0.25) is 0 Å². The van der Waals surface area contributed by atoms with Gasteiger partial charge >= 0.3 is 0 Å². The topological polar surface area (TPSA) is 35.2 Å². The van der Waals surface area contributed by atoms with Gasteiger partial charge in [-0.05, 0) is 43.8 Å². The van der Waals surface area contributed by atoms with E-state index in [-0.39, 0.29) is 11.3 Å². The van der Waals surface area contributed by atoms with Gasteiger partial charge in [0.15, 0.2) is 0 Å². The molecule has 0 bridgehead atoms. The molecule has 0 aliphatic heterocycles. The molecule has 0 aromatic rings. The molecule has 0 aromatic carbocycles. The van der Waals surface area contributed by atoms with Crippen LogP contribution in [0.3, 0.4) is 0 Å². The Morgan fingerprint density at radius 3 is 2.06 bits per heavy atom. The second-order valence-corrected chi connectivity index (χ2v) is 5.64. The molecular formula is C14H29NOS. The van der Waals surface area contributed by atoms with E-state index >= 15 is 0 Å². The summed E-state index contributed by atoms with van der Waals surface area (Å²) < 4.78 is 5.51. The van der Waals surface area contributed by atoms with Crippen molar-refractivity contribution in [3.8, 4) is 0 Å². The number of unbranched alkanes of at least 4 members (excludes halogenated alkanes) is 3. The average Bonchev–Trinajstić information content (AvgIpc) is 2.23. The van der Waals surface area contributed by atoms with E-state index in [1.54, 1.807) is 0 Å². The standard InChI is InChI=1S/C14H29NOS/c1-4-5-6-10-13(16-14(15)17)11-8-7-9-12(2)3/h12-13H,4-11H2,1-3H3,(H2,15,17). The van der Waals surface area contributed by atoms with Gasteiger partial charge in [0.1, 0.15) is 6.10 Å². The number of rotatable bonds is 10. The largest absolute Gasteiger partial charge is 0.468 e. The van der Waals surface area contributed by atoms with Crippen LogP contribution >= 0.6 is 12.2 Å². The fourth-order valence-corrected chi connectivity index (χ4v) is 2.11. The van der Waals surface area contributed by atoms with Crippen molar-refractivity contribution in [1.29, 1.82) is 0 Å². The van der Waals surface area contributed by atoms with Crippen LogP contribution in [0.25, 0.3) is 0 Å². The molecule has 102 valence electrons. The van der Waals surface area contributed by atoms with E-state index in [9.17, 15) is 0 Å². The Kier molecular flexibility index (Phi) is 10.6. The second kappa shape index (κ2) is 10.8. The SMILES string of the molecule is CCCCCC(CCCCC(C)C)OC(N)=S. The zero-order valence-electron chi connectivity index (χ0n) is 11.7. The van der Waals surface area contributed by atoms with Crippen molar-refractivity contribution in [1.82, 2.24) is 0 Å². The molecule has 0 fully saturated rings. The molecule has 17 heavy (non-hydrogen) atoms. The summed E-state index contributed by atoms with van der Waals surface area (Å²) in [6.07, 6.45) is 9.95. The van der Waals surface area contributed by atoms with Crippen molar-refractivity contribution >= 4 is 17.4 Å². The maximum atomic E-state index is 5.51. The fourth-order valence-electron chi connectivity index (χ4n) is 1.97. The van der Waals surface area contributed by atoms with Crippen LogP contribution < -0.4 is 5.73 Å². The van der Waals surface area contributed by atoms with E-state index in [2.05, 4.69) is 20.8 Å². The third-order valence-electron chi connectivity index (χ3n) is 2.97. The minimum Gasteiger partial charge on any atom is -0.468 e. The van der Waals surface area contributed by atoms with Crippen LogP contribution in [-0.2, 0) is 4.74 Å². The van der Waals surface area contributed by atoms with Crippen LogP contribution in [0.15, 0.2) is 0 Å². The highest BCUT2D eigenvalue weighted by Crippen LogP contribution is 2.16. The molecule has 3 heteroatoms. The second-order valence-electron chi connectivity index (χ2n) is 5.23. The zero-order chi connectivity index (χ0) is 13.1. The van der Waals surface area contributed by atoms with Crippen molar-refractivity contribution in [3.63, 3.8) is 0 Å². The lowest BCUT2D eigenvalue weighted by Crippen LogP contribution is -2.22. The quantitative estimate of drug-likeness (QED) is 0.466. The lowest BCUT2D eigenvalue weighted by Gasteiger charge is -2.18. The molecule has 0 rings (SSSR count). The molecule has 0 radical (unpaired) electrons. The lowest BCUT2D eigenvalue weighted by atomic mass is 10.0. The summed E-state index contributed by atoms with van der Waals surface area (Å²) in [5.74, 6) is 0.796. The van der Waals surface area contributed by atoms with E-state index in [1.807, 2.05) is 0 Å². The monoisotopic (exact) mass is 259 g/mol. The Morgan fingerprint density at radius 1 is 1.06 bits per heavy atom. The summed E-state index contributed by atoms with van der Waals surface area (Å²) in [7, 11) is 0. The molecular weight excluding hydrogens is 230 g/mol. The van der Waals surface area contributed by atoms with Crippen LogP contribution in [0, 0.1) is 5.92 Å². The molecule has 0 saturated heterocycles. The van der Waals surface area contributed by atoms with E-state index in [1.165, 1.54) is 38.5 Å². The van der Waals surface area contributed by atoms with Gasteiger partial charge in [0, 0.05) is 0 Å². The van der Waals surface area contributed by atoms with Crippen molar-refractivity contribution < 1.29 is 4.74 Å². The van der Waals surface area contributed by atoms with Crippen LogP contribution in [0.5, 0.6) is 0 Å². The summed E-state index contributed by atoms with van der Waals surface area (Å²) >= 11 is 4.83. The highest BCUT2D eigenvalue weighted by molar-refractivity contribution is 7.80. The summed E-state index contributed by atoms with van der Waals surface area (Å²) in [6.45, 7) is 6.75. The first-order valence-corrected chi connectivity index (χ1v) is 7.43.